The molecule has 1 aromatic heterocycles. The van der Waals surface area contributed by atoms with E-state index in [9.17, 15) is 9.59 Å². The number of rotatable bonds is 7. The van der Waals surface area contributed by atoms with Gasteiger partial charge in [0.15, 0.2) is 0 Å². The Balaban J connectivity index is 1.77. The molecule has 1 atom stereocenters. The number of amides is 2. The maximum atomic E-state index is 12.6. The lowest BCUT2D eigenvalue weighted by atomic mass is 9.86. The van der Waals surface area contributed by atoms with Gasteiger partial charge in [0.05, 0.1) is 6.61 Å². The lowest BCUT2D eigenvalue weighted by molar-refractivity contribution is -0.122. The summed E-state index contributed by atoms with van der Waals surface area (Å²) in [5.41, 5.74) is 6.31. The third-order valence-electron chi connectivity index (χ3n) is 4.72. The zero-order valence-electron chi connectivity index (χ0n) is 15.2. The van der Waals surface area contributed by atoms with Crippen molar-refractivity contribution in [3.8, 4) is 5.88 Å². The molecule has 2 aliphatic carbocycles. The van der Waals surface area contributed by atoms with E-state index in [-0.39, 0.29) is 5.69 Å². The molecule has 3 rings (SSSR count). The van der Waals surface area contributed by atoms with Crippen LogP contribution in [0.3, 0.4) is 0 Å². The fourth-order valence-corrected chi connectivity index (χ4v) is 2.80. The molecule has 0 aromatic carbocycles. The second kappa shape index (κ2) is 6.65. The first-order valence-electron chi connectivity index (χ1n) is 8.99. The van der Waals surface area contributed by atoms with E-state index in [1.807, 2.05) is 26.8 Å². The van der Waals surface area contributed by atoms with Gasteiger partial charge in [-0.1, -0.05) is 26.8 Å². The van der Waals surface area contributed by atoms with Crippen LogP contribution in [0.15, 0.2) is 12.1 Å². The van der Waals surface area contributed by atoms with Gasteiger partial charge in [0.25, 0.3) is 5.91 Å². The smallest absolute Gasteiger partial charge is 0.270 e. The van der Waals surface area contributed by atoms with Gasteiger partial charge in [0.2, 0.25) is 11.8 Å². The van der Waals surface area contributed by atoms with Gasteiger partial charge in [0, 0.05) is 5.56 Å². The maximum Gasteiger partial charge on any atom is 0.270 e. The predicted molar refractivity (Wildman–Crippen MR) is 94.3 cm³/mol. The number of carbonyl (C=O) groups is 2. The average Bonchev–Trinajstić information content (AvgIpc) is 3.42. The van der Waals surface area contributed by atoms with Crippen LogP contribution in [0.2, 0.25) is 0 Å². The molecular formula is C19H27N3O3. The molecule has 3 N–H and O–H groups in total. The average molecular weight is 345 g/mol. The van der Waals surface area contributed by atoms with Crippen LogP contribution in [-0.2, 0) is 4.79 Å². The lowest BCUT2D eigenvalue weighted by Crippen LogP contribution is -2.52. The summed E-state index contributed by atoms with van der Waals surface area (Å²) in [5.74, 6) is 0.713. The van der Waals surface area contributed by atoms with E-state index in [1.54, 1.807) is 6.07 Å². The van der Waals surface area contributed by atoms with Gasteiger partial charge < -0.3 is 15.8 Å². The fraction of sp³-hybridized carbons (Fsp3) is 0.632. The lowest BCUT2D eigenvalue weighted by Gasteiger charge is -2.28. The van der Waals surface area contributed by atoms with Crippen molar-refractivity contribution in [1.29, 1.82) is 0 Å². The minimum absolute atomic E-state index is 0.255. The minimum Gasteiger partial charge on any atom is -0.477 e. The summed E-state index contributed by atoms with van der Waals surface area (Å²) in [5, 5.41) is 2.71. The molecule has 2 amide bonds. The first kappa shape index (κ1) is 17.7. The van der Waals surface area contributed by atoms with Gasteiger partial charge in [-0.3, -0.25) is 9.59 Å². The monoisotopic (exact) mass is 345 g/mol. The van der Waals surface area contributed by atoms with Gasteiger partial charge in [-0.15, -0.1) is 0 Å². The van der Waals surface area contributed by atoms with Gasteiger partial charge in [-0.05, 0) is 49.0 Å². The molecule has 0 radical (unpaired) electrons. The molecule has 6 nitrogen and oxygen atoms in total. The summed E-state index contributed by atoms with van der Waals surface area (Å²) >= 11 is 0. The number of primary amides is 1. The molecule has 1 aromatic rings. The number of nitrogens with one attached hydrogen (secondary N) is 1. The number of nitrogens with two attached hydrogens (primary N) is 1. The van der Waals surface area contributed by atoms with Crippen LogP contribution in [0.5, 0.6) is 5.88 Å². The van der Waals surface area contributed by atoms with Crippen LogP contribution >= 0.6 is 0 Å². The Morgan fingerprint density at radius 1 is 1.28 bits per heavy atom. The van der Waals surface area contributed by atoms with Crippen LogP contribution in [-0.4, -0.2) is 29.4 Å². The molecule has 2 saturated carbocycles. The van der Waals surface area contributed by atoms with Crippen molar-refractivity contribution in [3.05, 3.63) is 23.4 Å². The summed E-state index contributed by atoms with van der Waals surface area (Å²) in [7, 11) is 0. The highest BCUT2D eigenvalue weighted by atomic mass is 16.5. The molecule has 0 aliphatic heterocycles. The Morgan fingerprint density at radius 3 is 2.48 bits per heavy atom. The number of hydrogen-bond acceptors (Lipinski definition) is 4. The van der Waals surface area contributed by atoms with E-state index < -0.39 is 23.3 Å². The third kappa shape index (κ3) is 4.50. The first-order chi connectivity index (χ1) is 11.8. The van der Waals surface area contributed by atoms with Crippen LogP contribution in [0.4, 0.5) is 0 Å². The number of aromatic nitrogens is 1. The van der Waals surface area contributed by atoms with Crippen LogP contribution in [0.1, 0.15) is 68.4 Å². The number of ether oxygens (including phenoxy) is 1. The van der Waals surface area contributed by atoms with Crippen LogP contribution in [0, 0.1) is 11.3 Å². The highest BCUT2D eigenvalue weighted by Crippen LogP contribution is 2.44. The summed E-state index contributed by atoms with van der Waals surface area (Å²) in [6.07, 6.45) is 4.68. The molecule has 25 heavy (non-hydrogen) atoms. The van der Waals surface area contributed by atoms with Crippen molar-refractivity contribution < 1.29 is 14.3 Å². The number of carbonyl (C=O) groups excluding carboxylic acids is 2. The Morgan fingerprint density at radius 2 is 1.96 bits per heavy atom. The van der Waals surface area contributed by atoms with E-state index in [0.29, 0.717) is 24.3 Å². The van der Waals surface area contributed by atoms with Gasteiger partial charge in [0.1, 0.15) is 11.7 Å². The maximum absolute atomic E-state index is 12.6. The number of nitrogens with zero attached hydrogens (tertiary/aromatic N) is 1. The van der Waals surface area contributed by atoms with Crippen molar-refractivity contribution >= 4 is 11.8 Å². The van der Waals surface area contributed by atoms with E-state index >= 15 is 0 Å². The SMILES string of the molecule is CC(C)(C)C(NC(=O)c1ccc(C2CC2)c(OCC2CC2)n1)C(N)=O. The van der Waals surface area contributed by atoms with E-state index in [2.05, 4.69) is 10.3 Å². The molecule has 0 spiro atoms. The summed E-state index contributed by atoms with van der Waals surface area (Å²) in [4.78, 5) is 28.7. The summed E-state index contributed by atoms with van der Waals surface area (Å²) in [6.45, 7) is 6.23. The molecule has 1 heterocycles. The second-order valence-electron chi connectivity index (χ2n) is 8.29. The molecule has 136 valence electrons. The molecule has 0 bridgehead atoms. The van der Waals surface area contributed by atoms with Crippen LogP contribution < -0.4 is 15.8 Å². The first-order valence-corrected chi connectivity index (χ1v) is 8.99. The highest BCUT2D eigenvalue weighted by Gasteiger charge is 2.33. The van der Waals surface area contributed by atoms with E-state index in [0.717, 1.165) is 18.4 Å². The predicted octanol–water partition coefficient (Wildman–Crippen LogP) is 2.38. The minimum atomic E-state index is -0.763. The molecule has 1 unspecified atom stereocenters. The zero-order valence-corrected chi connectivity index (χ0v) is 15.2. The fourth-order valence-electron chi connectivity index (χ4n) is 2.80. The molecule has 2 fully saturated rings. The van der Waals surface area contributed by atoms with E-state index in [4.69, 9.17) is 10.5 Å². The zero-order chi connectivity index (χ0) is 18.2. The van der Waals surface area contributed by atoms with Crippen LogP contribution in [0.25, 0.3) is 0 Å². The van der Waals surface area contributed by atoms with Crippen molar-refractivity contribution in [3.63, 3.8) is 0 Å². The quantitative estimate of drug-likeness (QED) is 0.793. The second-order valence-corrected chi connectivity index (χ2v) is 8.29. The van der Waals surface area contributed by atoms with Gasteiger partial charge in [-0.2, -0.15) is 0 Å². The summed E-state index contributed by atoms with van der Waals surface area (Å²) < 4.78 is 5.89. The Kier molecular flexibility index (Phi) is 4.71. The normalized spacial score (nSPS) is 18.5. The topological polar surface area (TPSA) is 94.3 Å². The van der Waals surface area contributed by atoms with Crippen molar-refractivity contribution in [2.75, 3.05) is 6.61 Å². The largest absolute Gasteiger partial charge is 0.477 e. The molecule has 2 aliphatic rings. The summed E-state index contributed by atoms with van der Waals surface area (Å²) in [6, 6.07) is 2.87. The molecule has 0 saturated heterocycles. The number of hydrogen-bond donors (Lipinski definition) is 2. The number of pyridine rings is 1. The van der Waals surface area contributed by atoms with E-state index in [1.165, 1.54) is 12.8 Å². The Labute approximate surface area is 148 Å². The van der Waals surface area contributed by atoms with Crippen molar-refractivity contribution in [2.24, 2.45) is 17.1 Å². The molecular weight excluding hydrogens is 318 g/mol. The van der Waals surface area contributed by atoms with Crippen molar-refractivity contribution in [1.82, 2.24) is 10.3 Å². The van der Waals surface area contributed by atoms with Gasteiger partial charge in [-0.25, -0.2) is 4.98 Å². The van der Waals surface area contributed by atoms with Crippen molar-refractivity contribution in [2.45, 2.75) is 58.4 Å². The Bertz CT molecular complexity index is 673. The van der Waals surface area contributed by atoms with Gasteiger partial charge >= 0.3 is 0 Å². The highest BCUT2D eigenvalue weighted by molar-refractivity contribution is 5.96. The third-order valence-corrected chi connectivity index (χ3v) is 4.72. The Hall–Kier alpha value is -2.11. The molecule has 6 heteroatoms. The standard InChI is InChI=1S/C19H27N3O3/c1-19(2,3)15(16(20)23)22-17(24)14-9-8-13(12-6-7-12)18(21-14)25-10-11-4-5-11/h8-9,11-12,15H,4-7,10H2,1-3H3,(H2,20,23)(H,22,24).